The fourth-order valence-electron chi connectivity index (χ4n) is 1.56. The Labute approximate surface area is 125 Å². The van der Waals surface area contributed by atoms with Crippen molar-refractivity contribution < 1.29 is 19.8 Å². The Morgan fingerprint density at radius 2 is 2.15 bits per heavy atom. The van der Waals surface area contributed by atoms with E-state index in [-0.39, 0.29) is 19.0 Å². The number of nitrogens with one attached hydrogen (secondary N) is 1. The molecule has 1 aromatic carbocycles. The molecular weight excluding hydrogens is 328 g/mol. The molecule has 1 aromatic rings. The Kier molecular flexibility index (Phi) is 6.47. The van der Waals surface area contributed by atoms with Gasteiger partial charge in [0.25, 0.3) is 0 Å². The van der Waals surface area contributed by atoms with Gasteiger partial charge in [0.15, 0.2) is 6.10 Å². The molecule has 0 aliphatic rings. The fraction of sp³-hybridized carbons (Fsp3) is 0.385. The summed E-state index contributed by atoms with van der Waals surface area (Å²) < 4.78 is 0.938. The molecule has 1 atom stereocenters. The summed E-state index contributed by atoms with van der Waals surface area (Å²) >= 11 is 3.36. The molecule has 1 unspecified atom stereocenters. The Morgan fingerprint density at radius 1 is 1.45 bits per heavy atom. The van der Waals surface area contributed by atoms with Crippen molar-refractivity contribution in [2.75, 3.05) is 13.6 Å². The van der Waals surface area contributed by atoms with Gasteiger partial charge < -0.3 is 20.4 Å². The predicted molar refractivity (Wildman–Crippen MR) is 77.3 cm³/mol. The molecule has 0 saturated carbocycles. The van der Waals surface area contributed by atoms with Gasteiger partial charge in [-0.05, 0) is 17.7 Å². The number of rotatable bonds is 6. The first-order chi connectivity index (χ1) is 9.40. The highest BCUT2D eigenvalue weighted by Crippen LogP contribution is 2.12. The van der Waals surface area contributed by atoms with Crippen molar-refractivity contribution in [3.8, 4) is 0 Å². The van der Waals surface area contributed by atoms with E-state index in [0.29, 0.717) is 6.54 Å². The van der Waals surface area contributed by atoms with E-state index in [9.17, 15) is 9.59 Å². The summed E-state index contributed by atoms with van der Waals surface area (Å²) in [6, 6.07) is 7.29. The summed E-state index contributed by atoms with van der Waals surface area (Å²) in [5.41, 5.74) is 0.975. The smallest absolute Gasteiger partial charge is 0.332 e. The molecule has 3 N–H and O–H groups in total. The first-order valence-electron chi connectivity index (χ1n) is 6.04. The number of hydrogen-bond donors (Lipinski definition) is 3. The zero-order chi connectivity index (χ0) is 15.1. The van der Waals surface area contributed by atoms with Crippen LogP contribution < -0.4 is 5.32 Å². The van der Waals surface area contributed by atoms with E-state index in [0.717, 1.165) is 10.0 Å². The summed E-state index contributed by atoms with van der Waals surface area (Å²) in [7, 11) is 1.64. The lowest BCUT2D eigenvalue weighted by Crippen LogP contribution is -2.38. The Morgan fingerprint density at radius 3 is 2.75 bits per heavy atom. The molecule has 1 rings (SSSR count). The normalized spacial score (nSPS) is 11.8. The molecule has 20 heavy (non-hydrogen) atoms. The number of urea groups is 1. The van der Waals surface area contributed by atoms with Crippen molar-refractivity contribution in [1.82, 2.24) is 10.2 Å². The first kappa shape index (κ1) is 16.5. The van der Waals surface area contributed by atoms with Crippen LogP contribution in [0.3, 0.4) is 0 Å². The largest absolute Gasteiger partial charge is 0.479 e. The molecule has 0 aliphatic carbocycles. The molecule has 0 bridgehead atoms. The SMILES string of the molecule is CN(Cc1cccc(Br)c1)C(=O)NCCC(O)C(=O)O. The van der Waals surface area contributed by atoms with Crippen LogP contribution in [-0.2, 0) is 11.3 Å². The third-order valence-corrected chi connectivity index (χ3v) is 3.13. The lowest BCUT2D eigenvalue weighted by molar-refractivity contribution is -0.146. The highest BCUT2D eigenvalue weighted by molar-refractivity contribution is 9.10. The van der Waals surface area contributed by atoms with Gasteiger partial charge in [-0.15, -0.1) is 0 Å². The number of hydrogen-bond acceptors (Lipinski definition) is 3. The van der Waals surface area contributed by atoms with Crippen LogP contribution in [0.5, 0.6) is 0 Å². The number of amides is 2. The zero-order valence-corrected chi connectivity index (χ0v) is 12.6. The summed E-state index contributed by atoms with van der Waals surface area (Å²) in [6.07, 6.45) is -1.48. The van der Waals surface area contributed by atoms with E-state index in [1.54, 1.807) is 7.05 Å². The molecule has 0 aromatic heterocycles. The van der Waals surface area contributed by atoms with E-state index in [4.69, 9.17) is 10.2 Å². The second-order valence-corrected chi connectivity index (χ2v) is 5.28. The maximum atomic E-state index is 11.8. The summed E-state index contributed by atoms with van der Waals surface area (Å²) in [5.74, 6) is -1.29. The molecule has 0 radical (unpaired) electrons. The highest BCUT2D eigenvalue weighted by Gasteiger charge is 2.14. The number of carbonyl (C=O) groups is 2. The summed E-state index contributed by atoms with van der Waals surface area (Å²) in [5, 5.41) is 20.1. The van der Waals surface area contributed by atoms with E-state index in [2.05, 4.69) is 21.2 Å². The lowest BCUT2D eigenvalue weighted by Gasteiger charge is -2.18. The quantitative estimate of drug-likeness (QED) is 0.728. The minimum absolute atomic E-state index is 0.0220. The van der Waals surface area contributed by atoms with Gasteiger partial charge in [-0.25, -0.2) is 9.59 Å². The summed E-state index contributed by atoms with van der Waals surface area (Å²) in [4.78, 5) is 23.6. The minimum Gasteiger partial charge on any atom is -0.479 e. The third kappa shape index (κ3) is 5.58. The average molecular weight is 345 g/mol. The Balaban J connectivity index is 2.38. The van der Waals surface area contributed by atoms with E-state index in [1.807, 2.05) is 24.3 Å². The Hall–Kier alpha value is -1.60. The van der Waals surface area contributed by atoms with Gasteiger partial charge in [0.1, 0.15) is 0 Å². The van der Waals surface area contributed by atoms with Gasteiger partial charge in [0, 0.05) is 31.0 Å². The van der Waals surface area contributed by atoms with Crippen LogP contribution in [0.2, 0.25) is 0 Å². The second-order valence-electron chi connectivity index (χ2n) is 4.36. The number of benzene rings is 1. The van der Waals surface area contributed by atoms with Gasteiger partial charge in [-0.1, -0.05) is 28.1 Å². The number of carboxylic acids is 1. The van der Waals surface area contributed by atoms with Crippen LogP contribution in [0.1, 0.15) is 12.0 Å². The van der Waals surface area contributed by atoms with Crippen LogP contribution in [-0.4, -0.2) is 46.8 Å². The van der Waals surface area contributed by atoms with Gasteiger partial charge in [0.05, 0.1) is 0 Å². The highest BCUT2D eigenvalue weighted by atomic mass is 79.9. The first-order valence-corrected chi connectivity index (χ1v) is 6.83. The number of aliphatic carboxylic acids is 1. The maximum Gasteiger partial charge on any atom is 0.332 e. The maximum absolute atomic E-state index is 11.8. The van der Waals surface area contributed by atoms with Crippen molar-refractivity contribution in [1.29, 1.82) is 0 Å². The molecule has 2 amide bonds. The number of aliphatic hydroxyl groups excluding tert-OH is 1. The number of halogens is 1. The third-order valence-electron chi connectivity index (χ3n) is 2.63. The standard InChI is InChI=1S/C13H17BrN2O4/c1-16(8-9-3-2-4-10(14)7-9)13(20)15-6-5-11(17)12(18)19/h2-4,7,11,17H,5-6,8H2,1H3,(H,15,20)(H,18,19). The van der Waals surface area contributed by atoms with E-state index < -0.39 is 12.1 Å². The molecule has 0 fully saturated rings. The molecule has 7 heteroatoms. The molecule has 0 aliphatic heterocycles. The zero-order valence-electron chi connectivity index (χ0n) is 11.0. The van der Waals surface area contributed by atoms with Gasteiger partial charge in [-0.3, -0.25) is 0 Å². The van der Waals surface area contributed by atoms with Crippen molar-refractivity contribution in [2.45, 2.75) is 19.1 Å². The topological polar surface area (TPSA) is 89.9 Å². The number of nitrogens with zero attached hydrogens (tertiary/aromatic N) is 1. The summed E-state index contributed by atoms with van der Waals surface area (Å²) in [6.45, 7) is 0.544. The average Bonchev–Trinajstić information content (AvgIpc) is 2.38. The van der Waals surface area contributed by atoms with E-state index >= 15 is 0 Å². The number of aliphatic hydroxyl groups is 1. The van der Waals surface area contributed by atoms with Crippen LogP contribution >= 0.6 is 15.9 Å². The van der Waals surface area contributed by atoms with E-state index in [1.165, 1.54) is 4.90 Å². The molecule has 0 heterocycles. The van der Waals surface area contributed by atoms with Crippen molar-refractivity contribution in [2.24, 2.45) is 0 Å². The van der Waals surface area contributed by atoms with Crippen LogP contribution in [0.15, 0.2) is 28.7 Å². The molecule has 110 valence electrons. The van der Waals surface area contributed by atoms with Crippen molar-refractivity contribution in [3.63, 3.8) is 0 Å². The molecular formula is C13H17BrN2O4. The predicted octanol–water partition coefficient (Wildman–Crippen LogP) is 1.43. The fourth-order valence-corrected chi connectivity index (χ4v) is 2.00. The number of carbonyl (C=O) groups excluding carboxylic acids is 1. The number of carboxylic acid groups (broad SMARTS) is 1. The van der Waals surface area contributed by atoms with Crippen LogP contribution in [0.25, 0.3) is 0 Å². The van der Waals surface area contributed by atoms with Crippen LogP contribution in [0, 0.1) is 0 Å². The minimum atomic E-state index is -1.45. The molecule has 0 saturated heterocycles. The monoisotopic (exact) mass is 344 g/mol. The van der Waals surface area contributed by atoms with Gasteiger partial charge >= 0.3 is 12.0 Å². The molecule has 6 nitrogen and oxygen atoms in total. The van der Waals surface area contributed by atoms with Gasteiger partial charge in [-0.2, -0.15) is 0 Å². The van der Waals surface area contributed by atoms with Crippen molar-refractivity contribution in [3.05, 3.63) is 34.3 Å². The van der Waals surface area contributed by atoms with Crippen LogP contribution in [0.4, 0.5) is 4.79 Å². The lowest BCUT2D eigenvalue weighted by atomic mass is 10.2. The Bertz CT molecular complexity index is 481. The van der Waals surface area contributed by atoms with Crippen molar-refractivity contribution >= 4 is 27.9 Å². The molecule has 0 spiro atoms. The second kappa shape index (κ2) is 7.86. The van der Waals surface area contributed by atoms with Gasteiger partial charge in [0.2, 0.25) is 0 Å².